The summed E-state index contributed by atoms with van der Waals surface area (Å²) in [5.41, 5.74) is -1.04. The van der Waals surface area contributed by atoms with Crippen LogP contribution in [0.5, 0.6) is 0 Å². The van der Waals surface area contributed by atoms with Gasteiger partial charge in [-0.3, -0.25) is 24.3 Å². The molecule has 134 valence electrons. The predicted molar refractivity (Wildman–Crippen MR) is 86.9 cm³/mol. The second kappa shape index (κ2) is 7.42. The van der Waals surface area contributed by atoms with Gasteiger partial charge in [0.15, 0.2) is 5.54 Å². The first-order valence-corrected chi connectivity index (χ1v) is 7.92. The van der Waals surface area contributed by atoms with Crippen LogP contribution in [-0.4, -0.2) is 59.2 Å². The Labute approximate surface area is 145 Å². The zero-order valence-corrected chi connectivity index (χ0v) is 14.5. The van der Waals surface area contributed by atoms with Gasteiger partial charge in [-0.2, -0.15) is 0 Å². The van der Waals surface area contributed by atoms with Crippen molar-refractivity contribution < 1.29 is 23.9 Å². The van der Waals surface area contributed by atoms with Gasteiger partial charge in [-0.25, -0.2) is 4.79 Å². The first kappa shape index (κ1) is 18.6. The maximum atomic E-state index is 12.6. The topological polar surface area (TPSA) is 96.9 Å². The first-order chi connectivity index (χ1) is 11.8. The number of hydrogen-bond donors (Lipinski definition) is 0. The number of esters is 1. The minimum absolute atomic E-state index is 0.000308. The summed E-state index contributed by atoms with van der Waals surface area (Å²) in [5.74, 6) is -1.58. The molecule has 1 atom stereocenters. The molecule has 0 spiro atoms. The Morgan fingerprint density at radius 1 is 1.28 bits per heavy atom. The van der Waals surface area contributed by atoms with E-state index in [1.54, 1.807) is 25.1 Å². The molecule has 25 heavy (non-hydrogen) atoms. The van der Waals surface area contributed by atoms with Crippen LogP contribution in [-0.2, 0) is 29.5 Å². The van der Waals surface area contributed by atoms with Gasteiger partial charge in [-0.15, -0.1) is 0 Å². The Balaban J connectivity index is 2.17. The van der Waals surface area contributed by atoms with Gasteiger partial charge in [-0.1, -0.05) is 6.07 Å². The number of carbonyl (C=O) groups is 4. The first-order valence-electron chi connectivity index (χ1n) is 7.92. The molecule has 2 heterocycles. The zero-order valence-electron chi connectivity index (χ0n) is 14.5. The number of ether oxygens (including phenoxy) is 1. The highest BCUT2D eigenvalue weighted by Crippen LogP contribution is 2.28. The molecule has 0 saturated carbocycles. The molecule has 1 aromatic heterocycles. The number of pyridine rings is 1. The van der Waals surface area contributed by atoms with E-state index < -0.39 is 17.4 Å². The van der Waals surface area contributed by atoms with Crippen LogP contribution in [0.2, 0.25) is 0 Å². The highest BCUT2D eigenvalue weighted by atomic mass is 16.5. The molecule has 8 heteroatoms. The minimum atomic E-state index is -1.41. The molecule has 1 saturated heterocycles. The number of aromatic nitrogens is 1. The lowest BCUT2D eigenvalue weighted by atomic mass is 9.94. The molecule has 0 bridgehead atoms. The number of methoxy groups -OCH3 is 1. The van der Waals surface area contributed by atoms with Crippen molar-refractivity contribution in [3.63, 3.8) is 0 Å². The van der Waals surface area contributed by atoms with Crippen LogP contribution in [0, 0.1) is 0 Å². The summed E-state index contributed by atoms with van der Waals surface area (Å²) in [6.07, 6.45) is 1.80. The average Bonchev–Trinajstić information content (AvgIpc) is 2.96. The lowest BCUT2D eigenvalue weighted by molar-refractivity contribution is -0.161. The van der Waals surface area contributed by atoms with Crippen molar-refractivity contribution in [1.82, 2.24) is 14.8 Å². The molecule has 1 aromatic rings. The lowest BCUT2D eigenvalue weighted by Gasteiger charge is -2.36. The molecule has 2 rings (SSSR count). The average molecular weight is 347 g/mol. The quantitative estimate of drug-likeness (QED) is 0.548. The molecule has 1 aliphatic rings. The molecular weight excluding hydrogens is 326 g/mol. The Bertz CT molecular complexity index is 675. The molecule has 0 N–H and O–H groups in total. The molecule has 8 nitrogen and oxygen atoms in total. The maximum absolute atomic E-state index is 12.6. The van der Waals surface area contributed by atoms with Crippen LogP contribution in [0.4, 0.5) is 0 Å². The van der Waals surface area contributed by atoms with E-state index >= 15 is 0 Å². The van der Waals surface area contributed by atoms with E-state index in [2.05, 4.69) is 4.98 Å². The fourth-order valence-corrected chi connectivity index (χ4v) is 2.76. The van der Waals surface area contributed by atoms with Crippen LogP contribution >= 0.6 is 0 Å². The Morgan fingerprint density at radius 3 is 2.44 bits per heavy atom. The van der Waals surface area contributed by atoms with E-state index in [0.29, 0.717) is 5.69 Å². The third kappa shape index (κ3) is 3.52. The monoisotopic (exact) mass is 347 g/mol. The van der Waals surface area contributed by atoms with E-state index in [4.69, 9.17) is 4.74 Å². The van der Waals surface area contributed by atoms with Crippen molar-refractivity contribution in [2.45, 2.75) is 31.7 Å². The Morgan fingerprint density at radius 2 is 1.92 bits per heavy atom. The fourth-order valence-electron chi connectivity index (χ4n) is 2.76. The molecule has 1 aliphatic heterocycles. The SMILES string of the molecule is COC(=O)[C@@](C)(c1ccccn1)N(C)C(=O)CCN1C(=O)CCC1=O. The van der Waals surface area contributed by atoms with E-state index in [0.717, 1.165) is 4.90 Å². The lowest BCUT2D eigenvalue weighted by Crippen LogP contribution is -2.52. The number of nitrogens with zero attached hydrogens (tertiary/aromatic N) is 3. The van der Waals surface area contributed by atoms with Crippen molar-refractivity contribution in [2.24, 2.45) is 0 Å². The standard InChI is InChI=1S/C17H21N3O5/c1-17(16(24)25-3,12-6-4-5-10-18-12)19(2)13(21)9-11-20-14(22)7-8-15(20)23/h4-6,10H,7-9,11H2,1-3H3/t17-/m1/s1. The van der Waals surface area contributed by atoms with Crippen LogP contribution in [0.1, 0.15) is 31.9 Å². The van der Waals surface area contributed by atoms with Crippen LogP contribution in [0.25, 0.3) is 0 Å². The molecule has 3 amide bonds. The van der Waals surface area contributed by atoms with Gasteiger partial charge < -0.3 is 9.64 Å². The predicted octanol–water partition coefficient (Wildman–Crippen LogP) is 0.467. The zero-order chi connectivity index (χ0) is 18.6. The Hall–Kier alpha value is -2.77. The molecule has 0 unspecified atom stereocenters. The summed E-state index contributed by atoms with van der Waals surface area (Å²) in [6.45, 7) is 1.55. The summed E-state index contributed by atoms with van der Waals surface area (Å²) < 4.78 is 4.86. The summed E-state index contributed by atoms with van der Waals surface area (Å²) >= 11 is 0. The number of amides is 3. The van der Waals surface area contributed by atoms with E-state index in [-0.39, 0.29) is 37.6 Å². The summed E-state index contributed by atoms with van der Waals surface area (Å²) in [4.78, 5) is 54.7. The molecule has 0 aromatic carbocycles. The molecule has 0 radical (unpaired) electrons. The number of carbonyl (C=O) groups excluding carboxylic acids is 4. The van der Waals surface area contributed by atoms with Crippen LogP contribution in [0.3, 0.4) is 0 Å². The van der Waals surface area contributed by atoms with Crippen molar-refractivity contribution in [3.8, 4) is 0 Å². The second-order valence-corrected chi connectivity index (χ2v) is 5.92. The number of likely N-dealkylation sites (N-methyl/N-ethyl adjacent to an activating group) is 1. The van der Waals surface area contributed by atoms with Crippen molar-refractivity contribution in [1.29, 1.82) is 0 Å². The third-order valence-electron chi connectivity index (χ3n) is 4.50. The largest absolute Gasteiger partial charge is 0.467 e. The van der Waals surface area contributed by atoms with Gasteiger partial charge in [0.1, 0.15) is 0 Å². The highest BCUT2D eigenvalue weighted by Gasteiger charge is 2.44. The number of imide groups is 1. The normalized spacial score (nSPS) is 16.5. The van der Waals surface area contributed by atoms with E-state index in [9.17, 15) is 19.2 Å². The minimum Gasteiger partial charge on any atom is -0.467 e. The molecular formula is C17H21N3O5. The van der Waals surface area contributed by atoms with Gasteiger partial charge in [-0.05, 0) is 19.1 Å². The summed E-state index contributed by atoms with van der Waals surface area (Å²) in [5, 5.41) is 0. The van der Waals surface area contributed by atoms with Gasteiger partial charge in [0.05, 0.1) is 12.8 Å². The van der Waals surface area contributed by atoms with Gasteiger partial charge in [0, 0.05) is 39.1 Å². The number of hydrogen-bond acceptors (Lipinski definition) is 6. The molecule has 0 aliphatic carbocycles. The van der Waals surface area contributed by atoms with E-state index in [1.165, 1.54) is 25.3 Å². The third-order valence-corrected chi connectivity index (χ3v) is 4.50. The smallest absolute Gasteiger partial charge is 0.337 e. The van der Waals surface area contributed by atoms with E-state index in [1.807, 2.05) is 0 Å². The summed E-state index contributed by atoms with van der Waals surface area (Å²) in [6, 6.07) is 5.05. The van der Waals surface area contributed by atoms with Crippen LogP contribution < -0.4 is 0 Å². The number of likely N-dealkylation sites (tertiary alicyclic amines) is 1. The van der Waals surface area contributed by atoms with Gasteiger partial charge >= 0.3 is 5.97 Å². The van der Waals surface area contributed by atoms with Crippen LogP contribution in [0.15, 0.2) is 24.4 Å². The number of rotatable bonds is 6. The molecule has 1 fully saturated rings. The van der Waals surface area contributed by atoms with Crippen molar-refractivity contribution >= 4 is 23.7 Å². The van der Waals surface area contributed by atoms with Gasteiger partial charge in [0.25, 0.3) is 0 Å². The van der Waals surface area contributed by atoms with Crippen molar-refractivity contribution in [2.75, 3.05) is 20.7 Å². The fraction of sp³-hybridized carbons (Fsp3) is 0.471. The maximum Gasteiger partial charge on any atom is 0.337 e. The second-order valence-electron chi connectivity index (χ2n) is 5.92. The highest BCUT2D eigenvalue weighted by molar-refractivity contribution is 6.02. The Kier molecular flexibility index (Phi) is 5.51. The summed E-state index contributed by atoms with van der Waals surface area (Å²) in [7, 11) is 2.71. The van der Waals surface area contributed by atoms with Gasteiger partial charge in [0.2, 0.25) is 17.7 Å². The van der Waals surface area contributed by atoms with Crippen molar-refractivity contribution in [3.05, 3.63) is 30.1 Å².